The zero-order valence-corrected chi connectivity index (χ0v) is 25.2. The molecule has 0 spiro atoms. The summed E-state index contributed by atoms with van der Waals surface area (Å²) in [4.78, 5) is 13.1. The van der Waals surface area contributed by atoms with E-state index in [1.165, 1.54) is 12.1 Å². The van der Waals surface area contributed by atoms with E-state index in [1.807, 2.05) is 6.92 Å². The highest BCUT2D eigenvalue weighted by atomic mass is 32.2. The SMILES string of the molecule is CC[C@H]1[C@@H](O)[C@@H]2[C@H](CC[C@]3(C)[C@@H](C(C)CC(=O)NS(=O)(=O)c4ccc(C)cc4)CC[C@@H]23)[C@@]2(C)CC[C@@H](O)C[C@@H]12. The van der Waals surface area contributed by atoms with Gasteiger partial charge < -0.3 is 10.2 Å². The first-order valence-electron chi connectivity index (χ1n) is 15.3. The normalized spacial score (nSPS) is 42.6. The van der Waals surface area contributed by atoms with Crippen LogP contribution >= 0.6 is 0 Å². The number of rotatable bonds is 6. The summed E-state index contributed by atoms with van der Waals surface area (Å²) in [6.45, 7) is 11.0. The van der Waals surface area contributed by atoms with Gasteiger partial charge in [-0.05, 0) is 116 Å². The number of carbonyl (C=O) groups is 1. The van der Waals surface area contributed by atoms with Crippen LogP contribution in [0.25, 0.3) is 0 Å². The van der Waals surface area contributed by atoms with Crippen molar-refractivity contribution >= 4 is 15.9 Å². The quantitative estimate of drug-likeness (QED) is 0.430. The van der Waals surface area contributed by atoms with Gasteiger partial charge in [0.1, 0.15) is 0 Å². The van der Waals surface area contributed by atoms with E-state index in [9.17, 15) is 23.4 Å². The van der Waals surface area contributed by atoms with Gasteiger partial charge in [0, 0.05) is 6.42 Å². The molecule has 0 aromatic heterocycles. The zero-order valence-electron chi connectivity index (χ0n) is 24.4. The average Bonchev–Trinajstić information content (AvgIpc) is 3.22. The van der Waals surface area contributed by atoms with Crippen molar-refractivity contribution in [1.29, 1.82) is 0 Å². The van der Waals surface area contributed by atoms with E-state index in [-0.39, 0.29) is 52.1 Å². The van der Waals surface area contributed by atoms with Gasteiger partial charge in [-0.2, -0.15) is 0 Å². The fraction of sp³-hybridized carbons (Fsp3) is 0.781. The lowest BCUT2D eigenvalue weighted by Crippen LogP contribution is -2.62. The van der Waals surface area contributed by atoms with Crippen molar-refractivity contribution < 1.29 is 23.4 Å². The van der Waals surface area contributed by atoms with E-state index in [2.05, 4.69) is 32.4 Å². The van der Waals surface area contributed by atoms with Crippen molar-refractivity contribution in [3.8, 4) is 0 Å². The van der Waals surface area contributed by atoms with Gasteiger partial charge >= 0.3 is 0 Å². The average molecular weight is 560 g/mol. The predicted octanol–water partition coefficient (Wildman–Crippen LogP) is 5.45. The first-order valence-corrected chi connectivity index (χ1v) is 16.8. The lowest BCUT2D eigenvalue weighted by Gasteiger charge is -2.64. The van der Waals surface area contributed by atoms with Crippen LogP contribution in [0.3, 0.4) is 0 Å². The van der Waals surface area contributed by atoms with Crippen LogP contribution in [0.2, 0.25) is 0 Å². The summed E-state index contributed by atoms with van der Waals surface area (Å²) >= 11 is 0. The van der Waals surface area contributed by atoms with Gasteiger partial charge in [0.05, 0.1) is 17.1 Å². The monoisotopic (exact) mass is 559 g/mol. The Balaban J connectivity index is 1.32. The maximum atomic E-state index is 13.0. The molecule has 3 N–H and O–H groups in total. The standard InChI is InChI=1S/C32H49NO5S/c1-6-23-27-18-21(34)13-15-32(27,5)26-14-16-31(4)24(11-12-25(31)29(26)30(23)36)20(3)17-28(35)33-39(37,38)22-9-7-19(2)8-10-22/h7-10,20-21,23-27,29-30,34,36H,6,11-18H2,1-5H3,(H,33,35)/t20?,21-,23-,24-,25+,26+,27+,29+,30-,31-,32-/m1/s1. The van der Waals surface area contributed by atoms with Crippen LogP contribution in [-0.4, -0.2) is 36.7 Å². The molecule has 4 saturated carbocycles. The van der Waals surface area contributed by atoms with Gasteiger partial charge in [-0.25, -0.2) is 13.1 Å². The van der Waals surface area contributed by atoms with Gasteiger partial charge in [0.25, 0.3) is 10.0 Å². The number of aryl methyl sites for hydroxylation is 1. The van der Waals surface area contributed by atoms with Crippen LogP contribution in [0.15, 0.2) is 29.2 Å². The Morgan fingerprint density at radius 1 is 1.00 bits per heavy atom. The highest BCUT2D eigenvalue weighted by Gasteiger charge is 2.64. The van der Waals surface area contributed by atoms with Gasteiger partial charge in [-0.3, -0.25) is 4.79 Å². The second-order valence-corrected chi connectivity index (χ2v) is 15.8. The van der Waals surface area contributed by atoms with Crippen molar-refractivity contribution in [3.63, 3.8) is 0 Å². The van der Waals surface area contributed by atoms with E-state index in [0.717, 1.165) is 56.9 Å². The summed E-state index contributed by atoms with van der Waals surface area (Å²) < 4.78 is 27.9. The number of amides is 1. The van der Waals surface area contributed by atoms with Crippen LogP contribution in [0.4, 0.5) is 0 Å². The minimum Gasteiger partial charge on any atom is -0.393 e. The van der Waals surface area contributed by atoms with Gasteiger partial charge in [-0.15, -0.1) is 0 Å². The number of carbonyl (C=O) groups excluding carboxylic acids is 1. The third-order valence-electron chi connectivity index (χ3n) is 12.2. The fourth-order valence-corrected chi connectivity index (χ4v) is 11.3. The maximum absolute atomic E-state index is 13.0. The molecule has 6 nitrogen and oxygen atoms in total. The van der Waals surface area contributed by atoms with Crippen LogP contribution in [0.5, 0.6) is 0 Å². The third-order valence-corrected chi connectivity index (χ3v) is 13.6. The molecule has 7 heteroatoms. The van der Waals surface area contributed by atoms with E-state index >= 15 is 0 Å². The molecular weight excluding hydrogens is 510 g/mol. The molecule has 218 valence electrons. The second kappa shape index (κ2) is 10.4. The van der Waals surface area contributed by atoms with E-state index < -0.39 is 15.9 Å². The molecule has 4 fully saturated rings. The zero-order chi connectivity index (χ0) is 28.3. The Kier molecular flexibility index (Phi) is 7.78. The molecule has 11 atom stereocenters. The lowest BCUT2D eigenvalue weighted by molar-refractivity contribution is -0.203. The largest absolute Gasteiger partial charge is 0.393 e. The van der Waals surface area contributed by atoms with E-state index in [4.69, 9.17) is 0 Å². The number of hydrogen-bond donors (Lipinski definition) is 3. The molecule has 0 bridgehead atoms. The highest BCUT2D eigenvalue weighted by molar-refractivity contribution is 7.90. The highest BCUT2D eigenvalue weighted by Crippen LogP contribution is 2.69. The number of hydrogen-bond acceptors (Lipinski definition) is 5. The van der Waals surface area contributed by atoms with Crippen LogP contribution in [0.1, 0.15) is 91.0 Å². The maximum Gasteiger partial charge on any atom is 0.264 e. The Morgan fingerprint density at radius 3 is 2.31 bits per heavy atom. The molecule has 0 heterocycles. The predicted molar refractivity (Wildman–Crippen MR) is 152 cm³/mol. The van der Waals surface area contributed by atoms with E-state index in [1.54, 1.807) is 12.1 Å². The minimum atomic E-state index is -3.89. The minimum absolute atomic E-state index is 0.0351. The molecule has 0 aliphatic heterocycles. The number of benzene rings is 1. The number of sulfonamides is 1. The molecular formula is C32H49NO5S. The summed E-state index contributed by atoms with van der Waals surface area (Å²) in [5.41, 5.74) is 1.17. The number of aliphatic hydroxyl groups excluding tert-OH is 2. The molecule has 1 aromatic rings. The molecule has 0 saturated heterocycles. The molecule has 4 aliphatic rings. The van der Waals surface area contributed by atoms with Crippen molar-refractivity contribution in [2.45, 2.75) is 110 Å². The molecule has 1 unspecified atom stereocenters. The first-order chi connectivity index (χ1) is 18.3. The smallest absolute Gasteiger partial charge is 0.264 e. The molecule has 0 radical (unpaired) electrons. The molecule has 5 rings (SSSR count). The molecule has 1 aromatic carbocycles. The number of aliphatic hydroxyl groups is 2. The Labute approximate surface area is 235 Å². The molecule has 1 amide bonds. The molecule has 39 heavy (non-hydrogen) atoms. The first kappa shape index (κ1) is 29.1. The summed E-state index contributed by atoms with van der Waals surface area (Å²) in [5, 5.41) is 22.4. The summed E-state index contributed by atoms with van der Waals surface area (Å²) in [6.07, 6.45) is 7.53. The summed E-state index contributed by atoms with van der Waals surface area (Å²) in [6, 6.07) is 6.54. The third kappa shape index (κ3) is 4.88. The van der Waals surface area contributed by atoms with E-state index in [0.29, 0.717) is 23.7 Å². The summed E-state index contributed by atoms with van der Waals surface area (Å²) in [5.74, 6) is 1.69. The summed E-state index contributed by atoms with van der Waals surface area (Å²) in [7, 11) is -3.89. The number of nitrogens with one attached hydrogen (secondary N) is 1. The second-order valence-electron chi connectivity index (χ2n) is 14.1. The molecule has 4 aliphatic carbocycles. The Bertz CT molecular complexity index is 1170. The van der Waals surface area contributed by atoms with Crippen LogP contribution < -0.4 is 4.72 Å². The van der Waals surface area contributed by atoms with Crippen LogP contribution in [-0.2, 0) is 14.8 Å². The van der Waals surface area contributed by atoms with Crippen molar-refractivity contribution in [3.05, 3.63) is 29.8 Å². The van der Waals surface area contributed by atoms with Crippen molar-refractivity contribution in [2.24, 2.45) is 52.3 Å². The Hall–Kier alpha value is -1.44. The van der Waals surface area contributed by atoms with Gasteiger partial charge in [0.2, 0.25) is 5.91 Å². The Morgan fingerprint density at radius 2 is 1.64 bits per heavy atom. The topological polar surface area (TPSA) is 104 Å². The number of fused-ring (bicyclic) bond motifs is 5. The van der Waals surface area contributed by atoms with Gasteiger partial charge in [0.15, 0.2) is 0 Å². The lowest BCUT2D eigenvalue weighted by atomic mass is 9.41. The van der Waals surface area contributed by atoms with Gasteiger partial charge in [-0.1, -0.05) is 51.8 Å². The van der Waals surface area contributed by atoms with Crippen molar-refractivity contribution in [2.75, 3.05) is 0 Å². The fourth-order valence-electron chi connectivity index (χ4n) is 10.3. The van der Waals surface area contributed by atoms with Crippen LogP contribution in [0, 0.1) is 59.2 Å². The van der Waals surface area contributed by atoms with Crippen molar-refractivity contribution in [1.82, 2.24) is 4.72 Å².